The first-order valence-corrected chi connectivity index (χ1v) is 18.8. The summed E-state index contributed by atoms with van der Waals surface area (Å²) in [5.74, 6) is 0. The van der Waals surface area contributed by atoms with Gasteiger partial charge in [-0.3, -0.25) is 0 Å². The Labute approximate surface area is 317 Å². The summed E-state index contributed by atoms with van der Waals surface area (Å²) >= 11 is 0. The molecule has 0 N–H and O–H groups in total. The van der Waals surface area contributed by atoms with Gasteiger partial charge in [0.15, 0.2) is 0 Å². The summed E-state index contributed by atoms with van der Waals surface area (Å²) < 4.78 is 0. The zero-order valence-electron chi connectivity index (χ0n) is 30.5. The van der Waals surface area contributed by atoms with Gasteiger partial charge in [0.05, 0.1) is 5.69 Å². The topological polar surface area (TPSA) is 3.24 Å². The summed E-state index contributed by atoms with van der Waals surface area (Å²) in [6, 6.07) is 73.3. The van der Waals surface area contributed by atoms with Crippen molar-refractivity contribution in [1.29, 1.82) is 0 Å². The molecular weight excluding hydrogens is 651 g/mol. The summed E-state index contributed by atoms with van der Waals surface area (Å²) in [5, 5.41) is 5.06. The summed E-state index contributed by atoms with van der Waals surface area (Å²) in [6.07, 6.45) is 0. The monoisotopic (exact) mass is 689 g/mol. The highest BCUT2D eigenvalue weighted by Crippen LogP contribution is 2.54. The predicted octanol–water partition coefficient (Wildman–Crippen LogP) is 14.8. The Kier molecular flexibility index (Phi) is 7.56. The van der Waals surface area contributed by atoms with Crippen molar-refractivity contribution < 1.29 is 0 Å². The molecule has 9 aromatic carbocycles. The van der Waals surface area contributed by atoms with Crippen molar-refractivity contribution in [3.8, 4) is 44.5 Å². The second-order valence-electron chi connectivity index (χ2n) is 14.9. The van der Waals surface area contributed by atoms with Crippen LogP contribution in [0.1, 0.15) is 25.0 Å². The highest BCUT2D eigenvalue weighted by Gasteiger charge is 2.37. The van der Waals surface area contributed by atoms with E-state index in [0.717, 1.165) is 11.4 Å². The number of hydrogen-bond acceptors (Lipinski definition) is 1. The van der Waals surface area contributed by atoms with Crippen LogP contribution >= 0.6 is 0 Å². The predicted molar refractivity (Wildman–Crippen MR) is 230 cm³/mol. The molecule has 0 unspecified atom stereocenters. The maximum absolute atomic E-state index is 2.44. The van der Waals surface area contributed by atoms with Crippen LogP contribution in [0, 0.1) is 0 Å². The van der Waals surface area contributed by atoms with Crippen LogP contribution in [0.4, 0.5) is 17.1 Å². The SMILES string of the molecule is CC1(C)c2ccccc2-c2c(N(c3ccc(-c4ccc(-c5cccc6ccccc56)cc4)cc3)c3ccc(-c4cccc5ccccc45)cc3)cccc21. The maximum Gasteiger partial charge on any atom is 0.0543 e. The highest BCUT2D eigenvalue weighted by atomic mass is 15.1. The molecule has 0 saturated carbocycles. The van der Waals surface area contributed by atoms with Crippen molar-refractivity contribution in [2.75, 3.05) is 4.90 Å². The summed E-state index contributed by atoms with van der Waals surface area (Å²) in [6.45, 7) is 4.70. The van der Waals surface area contributed by atoms with Gasteiger partial charge < -0.3 is 4.90 Å². The Hall–Kier alpha value is -6.70. The van der Waals surface area contributed by atoms with E-state index >= 15 is 0 Å². The third-order valence-electron chi connectivity index (χ3n) is 11.5. The van der Waals surface area contributed by atoms with E-state index in [0.29, 0.717) is 0 Å². The molecule has 0 fully saturated rings. The number of anilines is 3. The molecule has 1 heteroatoms. The normalized spacial score (nSPS) is 12.8. The number of rotatable bonds is 6. The quantitative estimate of drug-likeness (QED) is 0.168. The minimum atomic E-state index is -0.0894. The van der Waals surface area contributed by atoms with Crippen molar-refractivity contribution in [3.05, 3.63) is 211 Å². The lowest BCUT2D eigenvalue weighted by atomic mass is 9.82. The number of hydrogen-bond donors (Lipinski definition) is 0. The van der Waals surface area contributed by atoms with E-state index in [1.807, 2.05) is 0 Å². The van der Waals surface area contributed by atoms with Crippen LogP contribution in [0.5, 0.6) is 0 Å². The third-order valence-corrected chi connectivity index (χ3v) is 11.5. The fraction of sp³-hybridized carbons (Fsp3) is 0.0566. The third kappa shape index (κ3) is 5.24. The van der Waals surface area contributed by atoms with Gasteiger partial charge in [-0.15, -0.1) is 0 Å². The lowest BCUT2D eigenvalue weighted by Crippen LogP contribution is -2.16. The van der Waals surface area contributed by atoms with E-state index in [2.05, 4.69) is 219 Å². The molecule has 0 saturated heterocycles. The molecule has 0 radical (unpaired) electrons. The molecule has 0 amide bonds. The Morgan fingerprint density at radius 1 is 0.333 bits per heavy atom. The zero-order valence-corrected chi connectivity index (χ0v) is 30.5. The van der Waals surface area contributed by atoms with Gasteiger partial charge in [0.25, 0.3) is 0 Å². The van der Waals surface area contributed by atoms with Gasteiger partial charge in [-0.1, -0.05) is 184 Å². The average Bonchev–Trinajstić information content (AvgIpc) is 3.47. The first-order valence-electron chi connectivity index (χ1n) is 18.8. The number of fused-ring (bicyclic) bond motifs is 5. The smallest absolute Gasteiger partial charge is 0.0543 e. The number of benzene rings is 9. The molecule has 10 rings (SSSR count). The molecule has 0 bridgehead atoms. The fourth-order valence-corrected chi connectivity index (χ4v) is 8.74. The van der Waals surface area contributed by atoms with Crippen molar-refractivity contribution in [2.24, 2.45) is 0 Å². The molecule has 54 heavy (non-hydrogen) atoms. The maximum atomic E-state index is 2.44. The molecule has 256 valence electrons. The van der Waals surface area contributed by atoms with Crippen LogP contribution in [-0.4, -0.2) is 0 Å². The van der Waals surface area contributed by atoms with Gasteiger partial charge in [-0.05, 0) is 102 Å². The van der Waals surface area contributed by atoms with Gasteiger partial charge in [0, 0.05) is 22.4 Å². The van der Waals surface area contributed by atoms with Crippen molar-refractivity contribution >= 4 is 38.6 Å². The second kappa shape index (κ2) is 12.8. The Bertz CT molecular complexity index is 2810. The lowest BCUT2D eigenvalue weighted by Gasteiger charge is -2.29. The summed E-state index contributed by atoms with van der Waals surface area (Å²) in [4.78, 5) is 2.44. The fourth-order valence-electron chi connectivity index (χ4n) is 8.74. The van der Waals surface area contributed by atoms with Gasteiger partial charge in [0.2, 0.25) is 0 Å². The largest absolute Gasteiger partial charge is 0.310 e. The van der Waals surface area contributed by atoms with Crippen molar-refractivity contribution in [1.82, 2.24) is 0 Å². The van der Waals surface area contributed by atoms with E-state index in [4.69, 9.17) is 0 Å². The minimum Gasteiger partial charge on any atom is -0.310 e. The first kappa shape index (κ1) is 32.0. The Balaban J connectivity index is 1.06. The Morgan fingerprint density at radius 3 is 1.33 bits per heavy atom. The molecule has 0 spiro atoms. The molecule has 9 aromatic rings. The molecule has 0 heterocycles. The molecule has 1 aliphatic carbocycles. The lowest BCUT2D eigenvalue weighted by molar-refractivity contribution is 0.660. The standard InChI is InChI=1S/C53H39N/c1-53(2)49-21-8-7-18-48(49)52-50(53)22-11-23-51(52)54(43-34-30-41(31-35-43)47-20-10-15-39-13-4-6-17-45(39)47)42-32-28-37(29-33-42)36-24-26-40(27-25-36)46-19-9-14-38-12-3-5-16-44(38)46/h3-35H,1-2H3. The van der Waals surface area contributed by atoms with Crippen LogP contribution in [0.15, 0.2) is 200 Å². The molecule has 1 nitrogen and oxygen atoms in total. The van der Waals surface area contributed by atoms with Crippen LogP contribution in [0.25, 0.3) is 66.1 Å². The van der Waals surface area contributed by atoms with Crippen LogP contribution in [-0.2, 0) is 5.41 Å². The second-order valence-corrected chi connectivity index (χ2v) is 14.9. The first-order chi connectivity index (χ1) is 26.5. The van der Waals surface area contributed by atoms with Crippen LogP contribution < -0.4 is 4.90 Å². The number of nitrogens with zero attached hydrogens (tertiary/aromatic N) is 1. The van der Waals surface area contributed by atoms with Crippen molar-refractivity contribution in [2.45, 2.75) is 19.3 Å². The molecule has 0 atom stereocenters. The van der Waals surface area contributed by atoms with E-state index in [1.54, 1.807) is 0 Å². The zero-order chi connectivity index (χ0) is 36.2. The van der Waals surface area contributed by atoms with Gasteiger partial charge >= 0.3 is 0 Å². The molecule has 0 aliphatic heterocycles. The molecule has 0 aromatic heterocycles. The van der Waals surface area contributed by atoms with Gasteiger partial charge in [-0.25, -0.2) is 0 Å². The van der Waals surface area contributed by atoms with Gasteiger partial charge in [0.1, 0.15) is 0 Å². The molecular formula is C53H39N. The van der Waals surface area contributed by atoms with E-state index < -0.39 is 0 Å². The highest BCUT2D eigenvalue weighted by molar-refractivity contribution is 5.99. The summed E-state index contributed by atoms with van der Waals surface area (Å²) in [5.41, 5.74) is 16.1. The van der Waals surface area contributed by atoms with E-state index in [-0.39, 0.29) is 5.41 Å². The minimum absolute atomic E-state index is 0.0894. The van der Waals surface area contributed by atoms with Crippen LogP contribution in [0.3, 0.4) is 0 Å². The Morgan fingerprint density at radius 2 is 0.741 bits per heavy atom. The summed E-state index contributed by atoms with van der Waals surface area (Å²) in [7, 11) is 0. The molecule has 1 aliphatic rings. The van der Waals surface area contributed by atoms with Crippen molar-refractivity contribution in [3.63, 3.8) is 0 Å². The van der Waals surface area contributed by atoms with Gasteiger partial charge in [-0.2, -0.15) is 0 Å². The average molecular weight is 690 g/mol. The van der Waals surface area contributed by atoms with E-state index in [9.17, 15) is 0 Å². The van der Waals surface area contributed by atoms with Crippen LogP contribution in [0.2, 0.25) is 0 Å². The van der Waals surface area contributed by atoms with E-state index in [1.165, 1.54) is 82.9 Å².